The van der Waals surface area contributed by atoms with Gasteiger partial charge in [-0.1, -0.05) is 0 Å². The van der Waals surface area contributed by atoms with Gasteiger partial charge in [0.05, 0.1) is 0 Å². The minimum atomic E-state index is -1.47. The second-order valence-corrected chi connectivity index (χ2v) is 3.53. The van der Waals surface area contributed by atoms with Gasteiger partial charge in [-0.15, -0.1) is 0 Å². The molecule has 1 aromatic carbocycles. The average Bonchev–Trinajstić information content (AvgIpc) is 2.66. The molecule has 19 heavy (non-hydrogen) atoms. The van der Waals surface area contributed by atoms with E-state index in [-0.39, 0.29) is 17.1 Å². The van der Waals surface area contributed by atoms with Crippen molar-refractivity contribution in [2.75, 3.05) is 5.73 Å². The zero-order chi connectivity index (χ0) is 14.2. The van der Waals surface area contributed by atoms with Gasteiger partial charge in [-0.05, 0) is 12.1 Å². The fourth-order valence-corrected chi connectivity index (χ4v) is 1.53. The van der Waals surface area contributed by atoms with Crippen LogP contribution in [0.2, 0.25) is 0 Å². The van der Waals surface area contributed by atoms with E-state index in [1.54, 1.807) is 6.07 Å². The maximum atomic E-state index is 13.6. The van der Waals surface area contributed by atoms with Crippen molar-refractivity contribution >= 4 is 11.8 Å². The number of nitrogens with zero attached hydrogens (tertiary/aromatic N) is 3. The zero-order valence-electron chi connectivity index (χ0n) is 9.26. The Balaban J connectivity index is 2.70. The Morgan fingerprint density at radius 2 is 2.16 bits per heavy atom. The molecule has 0 aliphatic rings. The van der Waals surface area contributed by atoms with Crippen LogP contribution in [-0.2, 0) is 0 Å². The summed E-state index contributed by atoms with van der Waals surface area (Å²) in [6.07, 6.45) is 0. The van der Waals surface area contributed by atoms with Gasteiger partial charge in [0.2, 0.25) is 0 Å². The molecule has 3 N–H and O–H groups in total. The summed E-state index contributed by atoms with van der Waals surface area (Å²) < 4.78 is 27.1. The molecule has 2 rings (SSSR count). The Kier molecular flexibility index (Phi) is 2.88. The minimum absolute atomic E-state index is 0.247. The predicted octanol–water partition coefficient (Wildman–Crippen LogP) is 1.30. The van der Waals surface area contributed by atoms with Crippen LogP contribution in [0, 0.1) is 23.0 Å². The molecule has 96 valence electrons. The summed E-state index contributed by atoms with van der Waals surface area (Å²) in [4.78, 5) is 10.9. The van der Waals surface area contributed by atoms with Crippen LogP contribution in [-0.4, -0.2) is 20.9 Å². The third-order valence-corrected chi connectivity index (χ3v) is 2.37. The smallest absolute Gasteiger partial charge is 0.357 e. The molecular weight excluding hydrogens is 258 g/mol. The van der Waals surface area contributed by atoms with Gasteiger partial charge in [-0.3, -0.25) is 0 Å². The number of aromatic nitrogens is 2. The number of nitrogens with two attached hydrogens (primary N) is 1. The highest BCUT2D eigenvalue weighted by Gasteiger charge is 2.23. The standard InChI is InChI=1S/C11H6F2N4O2/c12-5-1-2-8(7(13)3-5)17-10(15)6(4-14)9(16-17)11(18)19/h1-3H,15H2,(H,18,19). The van der Waals surface area contributed by atoms with Crippen molar-refractivity contribution in [3.63, 3.8) is 0 Å². The van der Waals surface area contributed by atoms with Crippen LogP contribution >= 0.6 is 0 Å². The first-order chi connectivity index (χ1) is 8.95. The molecule has 0 aliphatic heterocycles. The topological polar surface area (TPSA) is 105 Å². The fraction of sp³-hybridized carbons (Fsp3) is 0. The van der Waals surface area contributed by atoms with Gasteiger partial charge in [-0.25, -0.2) is 18.3 Å². The van der Waals surface area contributed by atoms with Crippen LogP contribution in [0.4, 0.5) is 14.6 Å². The molecule has 0 saturated carbocycles. The highest BCUT2D eigenvalue weighted by molar-refractivity contribution is 5.90. The first-order valence-electron chi connectivity index (χ1n) is 4.93. The molecule has 0 amide bonds. The van der Waals surface area contributed by atoms with Crippen molar-refractivity contribution in [3.8, 4) is 11.8 Å². The van der Waals surface area contributed by atoms with Crippen molar-refractivity contribution in [3.05, 3.63) is 41.1 Å². The van der Waals surface area contributed by atoms with Gasteiger partial charge >= 0.3 is 5.97 Å². The highest BCUT2D eigenvalue weighted by Crippen LogP contribution is 2.22. The van der Waals surface area contributed by atoms with Crippen molar-refractivity contribution in [1.82, 2.24) is 9.78 Å². The Hall–Kier alpha value is -2.95. The van der Waals surface area contributed by atoms with Crippen molar-refractivity contribution in [2.45, 2.75) is 0 Å². The minimum Gasteiger partial charge on any atom is -0.476 e. The summed E-state index contributed by atoms with van der Waals surface area (Å²) in [6.45, 7) is 0. The quantitative estimate of drug-likeness (QED) is 0.850. The van der Waals surface area contributed by atoms with Crippen LogP contribution in [0.1, 0.15) is 16.1 Å². The van der Waals surface area contributed by atoms with Crippen LogP contribution in [0.25, 0.3) is 5.69 Å². The highest BCUT2D eigenvalue weighted by atomic mass is 19.1. The Morgan fingerprint density at radius 3 is 2.63 bits per heavy atom. The number of carboxylic acid groups (broad SMARTS) is 1. The molecule has 1 aromatic heterocycles. The molecule has 0 spiro atoms. The number of rotatable bonds is 2. The molecule has 8 heteroatoms. The van der Waals surface area contributed by atoms with Gasteiger partial charge in [0, 0.05) is 6.07 Å². The maximum absolute atomic E-state index is 13.6. The van der Waals surface area contributed by atoms with Gasteiger partial charge in [0.25, 0.3) is 0 Å². The van der Waals surface area contributed by atoms with E-state index in [0.29, 0.717) is 6.07 Å². The molecule has 0 fully saturated rings. The number of anilines is 1. The molecule has 0 aliphatic carbocycles. The number of hydrogen-bond donors (Lipinski definition) is 2. The van der Waals surface area contributed by atoms with E-state index in [2.05, 4.69) is 5.10 Å². The lowest BCUT2D eigenvalue weighted by molar-refractivity contribution is 0.0689. The van der Waals surface area contributed by atoms with Crippen LogP contribution in [0.15, 0.2) is 18.2 Å². The number of nitrogen functional groups attached to an aromatic ring is 1. The number of aromatic carboxylic acids is 1. The molecular formula is C11H6F2N4O2. The third kappa shape index (κ3) is 1.97. The normalized spacial score (nSPS) is 10.2. The molecule has 0 unspecified atom stereocenters. The van der Waals surface area contributed by atoms with E-state index in [1.807, 2.05) is 0 Å². The molecule has 1 heterocycles. The first kappa shape index (κ1) is 12.5. The second-order valence-electron chi connectivity index (χ2n) is 3.53. The molecule has 0 saturated heterocycles. The predicted molar refractivity (Wildman–Crippen MR) is 59.6 cm³/mol. The van der Waals surface area contributed by atoms with Gasteiger partial charge in [0.1, 0.15) is 29.0 Å². The first-order valence-corrected chi connectivity index (χ1v) is 4.93. The maximum Gasteiger partial charge on any atom is 0.357 e. The van der Waals surface area contributed by atoms with E-state index in [4.69, 9.17) is 16.1 Å². The van der Waals surface area contributed by atoms with E-state index in [9.17, 15) is 13.6 Å². The SMILES string of the molecule is N#Cc1c(C(=O)O)nn(-c2ccc(F)cc2F)c1N. The van der Waals surface area contributed by atoms with Gasteiger partial charge in [-0.2, -0.15) is 10.4 Å². The van der Waals surface area contributed by atoms with E-state index >= 15 is 0 Å². The third-order valence-electron chi connectivity index (χ3n) is 2.37. The summed E-state index contributed by atoms with van der Waals surface area (Å²) in [5.41, 5.74) is 4.33. The summed E-state index contributed by atoms with van der Waals surface area (Å²) >= 11 is 0. The average molecular weight is 264 g/mol. The molecule has 2 aromatic rings. The van der Waals surface area contributed by atoms with E-state index in [0.717, 1.165) is 16.8 Å². The lowest BCUT2D eigenvalue weighted by Gasteiger charge is -2.04. The Morgan fingerprint density at radius 1 is 1.47 bits per heavy atom. The second kappa shape index (κ2) is 4.38. The number of benzene rings is 1. The Bertz CT molecular complexity index is 718. The van der Waals surface area contributed by atoms with Crippen LogP contribution < -0.4 is 5.73 Å². The summed E-state index contributed by atoms with van der Waals surface area (Å²) in [7, 11) is 0. The van der Waals surface area contributed by atoms with Crippen molar-refractivity contribution in [2.24, 2.45) is 0 Å². The molecule has 0 atom stereocenters. The summed E-state index contributed by atoms with van der Waals surface area (Å²) in [6, 6.07) is 4.19. The van der Waals surface area contributed by atoms with Crippen molar-refractivity contribution in [1.29, 1.82) is 5.26 Å². The monoisotopic (exact) mass is 264 g/mol. The van der Waals surface area contributed by atoms with Crippen LogP contribution in [0.5, 0.6) is 0 Å². The lowest BCUT2D eigenvalue weighted by atomic mass is 10.2. The van der Waals surface area contributed by atoms with E-state index < -0.39 is 23.3 Å². The number of hydrogen-bond acceptors (Lipinski definition) is 4. The molecule has 0 radical (unpaired) electrons. The lowest BCUT2D eigenvalue weighted by Crippen LogP contribution is -2.05. The molecule has 6 nitrogen and oxygen atoms in total. The molecule has 0 bridgehead atoms. The van der Waals surface area contributed by atoms with Gasteiger partial charge in [0.15, 0.2) is 11.5 Å². The number of halogens is 2. The number of carbonyl (C=O) groups is 1. The van der Waals surface area contributed by atoms with Gasteiger partial charge < -0.3 is 10.8 Å². The van der Waals surface area contributed by atoms with Crippen LogP contribution in [0.3, 0.4) is 0 Å². The zero-order valence-corrected chi connectivity index (χ0v) is 9.26. The summed E-state index contributed by atoms with van der Waals surface area (Å²) in [5, 5.41) is 21.2. The fourth-order valence-electron chi connectivity index (χ4n) is 1.53. The van der Waals surface area contributed by atoms with E-state index in [1.165, 1.54) is 0 Å². The number of nitriles is 1. The van der Waals surface area contributed by atoms with Crippen molar-refractivity contribution < 1.29 is 18.7 Å². The number of carboxylic acids is 1. The summed E-state index contributed by atoms with van der Waals surface area (Å²) in [5.74, 6) is -3.57. The largest absolute Gasteiger partial charge is 0.476 e. The Labute approximate surface area is 105 Å².